The average molecular weight is 791 g/mol. The standard InChI is InChI=1S/C58H38N4/c1-4-18-39(19-5-1)42-32-34-48(56(36-42)61-52-28-14-10-24-44(52)45-25-11-15-29-53(45)61)50-38-51(60-58(59-50)41-22-8-3-9-23-41)49-35-33-43(40-20-6-2-7-21-40)37-57(49)62-54-30-16-12-26-46(54)47-27-13-17-31-55(47)62/h1-38H. The summed E-state index contributed by atoms with van der Waals surface area (Å²) in [7, 11) is 0. The molecule has 0 radical (unpaired) electrons. The van der Waals surface area contributed by atoms with Crippen molar-refractivity contribution >= 4 is 43.6 Å². The zero-order valence-electron chi connectivity index (χ0n) is 33.7. The largest absolute Gasteiger partial charge is 0.309 e. The molecule has 0 aliphatic heterocycles. The lowest BCUT2D eigenvalue weighted by atomic mass is 9.97. The Morgan fingerprint density at radius 3 is 0.952 bits per heavy atom. The van der Waals surface area contributed by atoms with Crippen LogP contribution in [0.3, 0.4) is 0 Å². The highest BCUT2D eigenvalue weighted by atomic mass is 15.0. The Hall–Kier alpha value is -8.34. The van der Waals surface area contributed by atoms with Crippen LogP contribution in [0.1, 0.15) is 0 Å². The average Bonchev–Trinajstić information content (AvgIpc) is 3.87. The summed E-state index contributed by atoms with van der Waals surface area (Å²) in [4.78, 5) is 10.9. The van der Waals surface area contributed by atoms with Gasteiger partial charge in [-0.05, 0) is 64.7 Å². The molecule has 0 saturated carbocycles. The van der Waals surface area contributed by atoms with E-state index in [4.69, 9.17) is 9.97 Å². The minimum absolute atomic E-state index is 0.665. The Labute approximate surface area is 359 Å². The molecule has 0 bridgehead atoms. The number of benzene rings is 9. The number of rotatable bonds is 7. The van der Waals surface area contributed by atoms with Gasteiger partial charge in [-0.15, -0.1) is 0 Å². The van der Waals surface area contributed by atoms with Gasteiger partial charge in [0.05, 0.1) is 44.8 Å². The molecular weight excluding hydrogens is 753 g/mol. The first-order valence-electron chi connectivity index (χ1n) is 21.1. The summed E-state index contributed by atoms with van der Waals surface area (Å²) in [5.41, 5.74) is 15.9. The van der Waals surface area contributed by atoms with E-state index in [0.717, 1.165) is 83.8 Å². The van der Waals surface area contributed by atoms with Gasteiger partial charge in [-0.3, -0.25) is 0 Å². The van der Waals surface area contributed by atoms with E-state index in [1.807, 2.05) is 6.07 Å². The molecule has 290 valence electrons. The maximum atomic E-state index is 5.46. The monoisotopic (exact) mass is 790 g/mol. The fourth-order valence-electron chi connectivity index (χ4n) is 9.29. The van der Waals surface area contributed by atoms with Gasteiger partial charge in [0, 0.05) is 38.2 Å². The van der Waals surface area contributed by atoms with Crippen LogP contribution in [0.15, 0.2) is 231 Å². The number of para-hydroxylation sites is 4. The summed E-state index contributed by atoms with van der Waals surface area (Å²) < 4.78 is 4.82. The minimum atomic E-state index is 0.665. The first-order valence-corrected chi connectivity index (χ1v) is 21.1. The molecule has 3 aromatic heterocycles. The van der Waals surface area contributed by atoms with Crippen LogP contribution in [0, 0.1) is 0 Å². The lowest BCUT2D eigenvalue weighted by Gasteiger charge is -2.19. The van der Waals surface area contributed by atoms with Crippen molar-refractivity contribution in [3.8, 4) is 67.5 Å². The van der Waals surface area contributed by atoms with Crippen molar-refractivity contribution in [3.63, 3.8) is 0 Å². The van der Waals surface area contributed by atoms with E-state index in [1.54, 1.807) is 0 Å². The van der Waals surface area contributed by atoms with Gasteiger partial charge in [-0.1, -0.05) is 188 Å². The number of fused-ring (bicyclic) bond motifs is 6. The normalized spacial score (nSPS) is 11.5. The van der Waals surface area contributed by atoms with Crippen LogP contribution in [0.25, 0.3) is 111 Å². The Morgan fingerprint density at radius 1 is 0.258 bits per heavy atom. The third-order valence-corrected chi connectivity index (χ3v) is 12.2. The lowest BCUT2D eigenvalue weighted by Crippen LogP contribution is -2.03. The van der Waals surface area contributed by atoms with Crippen molar-refractivity contribution in [1.29, 1.82) is 0 Å². The van der Waals surface area contributed by atoms with E-state index in [0.29, 0.717) is 5.82 Å². The Balaban J connectivity index is 1.17. The summed E-state index contributed by atoms with van der Waals surface area (Å²) in [6.45, 7) is 0. The minimum Gasteiger partial charge on any atom is -0.309 e. The van der Waals surface area contributed by atoms with Crippen molar-refractivity contribution in [3.05, 3.63) is 231 Å². The smallest absolute Gasteiger partial charge is 0.160 e. The topological polar surface area (TPSA) is 35.6 Å². The molecule has 3 heterocycles. The SMILES string of the molecule is c1ccc(-c2ccc(-c3cc(-c4ccc(-c5ccccc5)cc4-n4c5ccccc5c5ccccc54)nc(-c4ccccc4)n3)c(-n3c4ccccc4c4ccccc43)c2)cc1. The number of hydrogen-bond donors (Lipinski definition) is 0. The zero-order chi connectivity index (χ0) is 41.0. The molecule has 0 fully saturated rings. The second-order valence-electron chi connectivity index (χ2n) is 15.8. The van der Waals surface area contributed by atoms with Gasteiger partial charge in [0.25, 0.3) is 0 Å². The Bertz CT molecular complexity index is 3300. The van der Waals surface area contributed by atoms with E-state index < -0.39 is 0 Å². The molecule has 0 N–H and O–H groups in total. The van der Waals surface area contributed by atoms with Gasteiger partial charge >= 0.3 is 0 Å². The number of nitrogens with zero attached hydrogens (tertiary/aromatic N) is 4. The highest BCUT2D eigenvalue weighted by Gasteiger charge is 2.22. The van der Waals surface area contributed by atoms with Crippen molar-refractivity contribution in [1.82, 2.24) is 19.1 Å². The first kappa shape index (κ1) is 35.6. The van der Waals surface area contributed by atoms with Crippen LogP contribution in [-0.2, 0) is 0 Å². The van der Waals surface area contributed by atoms with Gasteiger partial charge in [-0.2, -0.15) is 0 Å². The highest BCUT2D eigenvalue weighted by Crippen LogP contribution is 2.42. The molecular formula is C58H38N4. The maximum Gasteiger partial charge on any atom is 0.160 e. The predicted octanol–water partition coefficient (Wildman–Crippen LogP) is 15.0. The molecule has 0 aliphatic rings. The van der Waals surface area contributed by atoms with Crippen LogP contribution >= 0.6 is 0 Å². The molecule has 0 unspecified atom stereocenters. The van der Waals surface area contributed by atoms with Crippen LogP contribution in [0.5, 0.6) is 0 Å². The molecule has 0 spiro atoms. The summed E-state index contributed by atoms with van der Waals surface area (Å²) in [6.07, 6.45) is 0. The quantitative estimate of drug-likeness (QED) is 0.161. The van der Waals surface area contributed by atoms with E-state index in [9.17, 15) is 0 Å². The van der Waals surface area contributed by atoms with E-state index >= 15 is 0 Å². The third kappa shape index (κ3) is 5.92. The van der Waals surface area contributed by atoms with Gasteiger partial charge in [0.1, 0.15) is 0 Å². The highest BCUT2D eigenvalue weighted by molar-refractivity contribution is 6.11. The molecule has 12 aromatic rings. The van der Waals surface area contributed by atoms with Crippen molar-refractivity contribution < 1.29 is 0 Å². The molecule has 9 aromatic carbocycles. The van der Waals surface area contributed by atoms with E-state index in [-0.39, 0.29) is 0 Å². The van der Waals surface area contributed by atoms with Gasteiger partial charge in [0.15, 0.2) is 5.82 Å². The van der Waals surface area contributed by atoms with Crippen LogP contribution in [0.4, 0.5) is 0 Å². The Morgan fingerprint density at radius 2 is 0.581 bits per heavy atom. The van der Waals surface area contributed by atoms with Crippen molar-refractivity contribution in [2.75, 3.05) is 0 Å². The predicted molar refractivity (Wildman–Crippen MR) is 258 cm³/mol. The zero-order valence-corrected chi connectivity index (χ0v) is 33.7. The first-order chi connectivity index (χ1) is 30.8. The molecule has 0 saturated heterocycles. The molecule has 4 heteroatoms. The van der Waals surface area contributed by atoms with Crippen LogP contribution < -0.4 is 0 Å². The van der Waals surface area contributed by atoms with E-state index in [1.165, 1.54) is 21.5 Å². The summed E-state index contributed by atoms with van der Waals surface area (Å²) in [5.74, 6) is 0.665. The van der Waals surface area contributed by atoms with Crippen molar-refractivity contribution in [2.45, 2.75) is 0 Å². The molecule has 0 aliphatic carbocycles. The Kier molecular flexibility index (Phi) is 8.46. The number of aromatic nitrogens is 4. The van der Waals surface area contributed by atoms with E-state index in [2.05, 4.69) is 234 Å². The fourth-order valence-corrected chi connectivity index (χ4v) is 9.29. The molecule has 12 rings (SSSR count). The third-order valence-electron chi connectivity index (χ3n) is 12.2. The summed E-state index contributed by atoms with van der Waals surface area (Å²) in [5, 5.41) is 4.84. The lowest BCUT2D eigenvalue weighted by molar-refractivity contribution is 1.14. The van der Waals surface area contributed by atoms with Crippen molar-refractivity contribution in [2.24, 2.45) is 0 Å². The molecule has 62 heavy (non-hydrogen) atoms. The van der Waals surface area contributed by atoms with Crippen LogP contribution in [0.2, 0.25) is 0 Å². The molecule has 4 nitrogen and oxygen atoms in total. The summed E-state index contributed by atoms with van der Waals surface area (Å²) in [6, 6.07) is 82.2. The number of hydrogen-bond acceptors (Lipinski definition) is 2. The second kappa shape index (κ2) is 14.7. The van der Waals surface area contributed by atoms with Gasteiger partial charge in [-0.25, -0.2) is 9.97 Å². The molecule has 0 amide bonds. The van der Waals surface area contributed by atoms with Gasteiger partial charge in [0.2, 0.25) is 0 Å². The fraction of sp³-hybridized carbons (Fsp3) is 0. The maximum absolute atomic E-state index is 5.46. The van der Waals surface area contributed by atoms with Crippen LogP contribution in [-0.4, -0.2) is 19.1 Å². The molecule has 0 atom stereocenters. The second-order valence-corrected chi connectivity index (χ2v) is 15.8. The van der Waals surface area contributed by atoms with Gasteiger partial charge < -0.3 is 9.13 Å². The summed E-state index contributed by atoms with van der Waals surface area (Å²) >= 11 is 0.